The Bertz CT molecular complexity index is 919. The van der Waals surface area contributed by atoms with E-state index in [1.54, 1.807) is 0 Å². The van der Waals surface area contributed by atoms with Crippen LogP contribution in [0.15, 0.2) is 12.1 Å². The molecule has 0 aliphatic carbocycles. The summed E-state index contributed by atoms with van der Waals surface area (Å²) in [6.07, 6.45) is 0. The van der Waals surface area contributed by atoms with Crippen molar-refractivity contribution in [2.45, 2.75) is 41.2 Å². The number of carbonyl (C=O) groups excluding carboxylic acids is 1. The van der Waals surface area contributed by atoms with Gasteiger partial charge in [0.15, 0.2) is 0 Å². The molecule has 2 heterocycles. The molecule has 0 saturated carbocycles. The van der Waals surface area contributed by atoms with E-state index in [2.05, 4.69) is 46.4 Å². The van der Waals surface area contributed by atoms with Gasteiger partial charge in [-0.05, 0) is 51.3 Å². The quantitative estimate of drug-likeness (QED) is 0.774. The Morgan fingerprint density at radius 2 is 1.88 bits per heavy atom. The van der Waals surface area contributed by atoms with Crippen LogP contribution >= 0.6 is 0 Å². The Balaban J connectivity index is 1.77. The maximum absolute atomic E-state index is 12.6. The van der Waals surface area contributed by atoms with Gasteiger partial charge in [-0.2, -0.15) is 5.10 Å². The van der Waals surface area contributed by atoms with Gasteiger partial charge in [-0.25, -0.2) is 9.67 Å². The Hall–Kier alpha value is -2.63. The molecular formula is C18H23N5O. The first-order valence-electron chi connectivity index (χ1n) is 8.13. The molecule has 6 heteroatoms. The maximum Gasteiger partial charge on any atom is 0.268 e. The van der Waals surface area contributed by atoms with Crippen molar-refractivity contribution >= 4 is 16.8 Å². The molecule has 3 rings (SSSR count). The number of nitrogens with one attached hydrogen (secondary N) is 2. The van der Waals surface area contributed by atoms with Crippen LogP contribution in [0, 0.1) is 34.6 Å². The average molecular weight is 325 g/mol. The number of nitrogens with zero attached hydrogens (tertiary/aromatic N) is 3. The van der Waals surface area contributed by atoms with Crippen LogP contribution in [0.2, 0.25) is 0 Å². The number of amides is 1. The molecule has 0 atom stereocenters. The number of fused-ring (bicyclic) bond motifs is 1. The molecular weight excluding hydrogens is 302 g/mol. The lowest BCUT2D eigenvalue weighted by Crippen LogP contribution is -2.28. The Morgan fingerprint density at radius 3 is 2.50 bits per heavy atom. The van der Waals surface area contributed by atoms with Crippen LogP contribution in [0.3, 0.4) is 0 Å². The highest BCUT2D eigenvalue weighted by atomic mass is 16.1. The molecule has 0 aliphatic rings. The Labute approximate surface area is 141 Å². The molecule has 0 fully saturated rings. The van der Waals surface area contributed by atoms with Gasteiger partial charge in [0, 0.05) is 17.4 Å². The largest absolute Gasteiger partial charge is 0.350 e. The van der Waals surface area contributed by atoms with Crippen molar-refractivity contribution in [3.63, 3.8) is 0 Å². The number of aromatic amines is 1. The first-order valence-corrected chi connectivity index (χ1v) is 8.13. The second-order valence-electron chi connectivity index (χ2n) is 6.26. The van der Waals surface area contributed by atoms with Crippen molar-refractivity contribution in [1.29, 1.82) is 0 Å². The molecule has 1 amide bonds. The standard InChI is InChI=1S/C18H23N5O/c1-10-6-7-11(2)16-15(10)12(3)17(21-16)18(24)19-8-9-23-14(5)20-13(4)22-23/h6-7,21H,8-9H2,1-5H3,(H,19,24). The van der Waals surface area contributed by atoms with E-state index in [-0.39, 0.29) is 5.91 Å². The van der Waals surface area contributed by atoms with Crippen LogP contribution in [0.1, 0.15) is 38.8 Å². The van der Waals surface area contributed by atoms with Crippen LogP contribution in [-0.4, -0.2) is 32.2 Å². The molecule has 0 aliphatic heterocycles. The summed E-state index contributed by atoms with van der Waals surface area (Å²) in [5.41, 5.74) is 4.99. The highest BCUT2D eigenvalue weighted by Crippen LogP contribution is 2.27. The number of aromatic nitrogens is 4. The summed E-state index contributed by atoms with van der Waals surface area (Å²) >= 11 is 0. The summed E-state index contributed by atoms with van der Waals surface area (Å²) in [4.78, 5) is 20.1. The highest BCUT2D eigenvalue weighted by molar-refractivity contribution is 6.02. The number of aryl methyl sites for hydroxylation is 5. The molecule has 3 aromatic rings. The third kappa shape index (κ3) is 2.79. The zero-order valence-electron chi connectivity index (χ0n) is 14.8. The first-order chi connectivity index (χ1) is 11.4. The van der Waals surface area contributed by atoms with Crippen molar-refractivity contribution < 1.29 is 4.79 Å². The van der Waals surface area contributed by atoms with E-state index in [9.17, 15) is 4.79 Å². The minimum absolute atomic E-state index is 0.0861. The smallest absolute Gasteiger partial charge is 0.268 e. The summed E-state index contributed by atoms with van der Waals surface area (Å²) in [6, 6.07) is 4.17. The molecule has 0 spiro atoms. The van der Waals surface area contributed by atoms with E-state index >= 15 is 0 Å². The maximum atomic E-state index is 12.6. The van der Waals surface area contributed by atoms with Crippen LogP contribution in [-0.2, 0) is 6.54 Å². The molecule has 0 radical (unpaired) electrons. The molecule has 1 aromatic carbocycles. The van der Waals surface area contributed by atoms with E-state index < -0.39 is 0 Å². The second-order valence-corrected chi connectivity index (χ2v) is 6.26. The lowest BCUT2D eigenvalue weighted by Gasteiger charge is -2.06. The third-order valence-electron chi connectivity index (χ3n) is 4.42. The average Bonchev–Trinajstić information content (AvgIpc) is 3.04. The summed E-state index contributed by atoms with van der Waals surface area (Å²) in [6.45, 7) is 11.0. The van der Waals surface area contributed by atoms with Crippen molar-refractivity contribution in [2.75, 3.05) is 6.54 Å². The van der Waals surface area contributed by atoms with Gasteiger partial charge in [-0.3, -0.25) is 4.79 Å². The van der Waals surface area contributed by atoms with Gasteiger partial charge < -0.3 is 10.3 Å². The van der Waals surface area contributed by atoms with Crippen molar-refractivity contribution in [3.8, 4) is 0 Å². The zero-order valence-corrected chi connectivity index (χ0v) is 14.8. The van der Waals surface area contributed by atoms with Gasteiger partial charge in [0.25, 0.3) is 5.91 Å². The van der Waals surface area contributed by atoms with Crippen molar-refractivity contribution in [1.82, 2.24) is 25.1 Å². The molecule has 2 N–H and O–H groups in total. The van der Waals surface area contributed by atoms with E-state index in [0.29, 0.717) is 18.8 Å². The predicted octanol–water partition coefficient (Wildman–Crippen LogP) is 2.73. The summed E-state index contributed by atoms with van der Waals surface area (Å²) < 4.78 is 1.81. The zero-order chi connectivity index (χ0) is 17.4. The molecule has 6 nitrogen and oxygen atoms in total. The lowest BCUT2D eigenvalue weighted by atomic mass is 10.0. The minimum atomic E-state index is -0.0861. The van der Waals surface area contributed by atoms with E-state index in [4.69, 9.17) is 0 Å². The normalized spacial score (nSPS) is 11.2. The minimum Gasteiger partial charge on any atom is -0.350 e. The van der Waals surface area contributed by atoms with E-state index in [1.807, 2.05) is 25.5 Å². The summed E-state index contributed by atoms with van der Waals surface area (Å²) in [5.74, 6) is 1.52. The molecule has 126 valence electrons. The van der Waals surface area contributed by atoms with Crippen LogP contribution in [0.25, 0.3) is 10.9 Å². The molecule has 24 heavy (non-hydrogen) atoms. The van der Waals surface area contributed by atoms with Gasteiger partial charge in [-0.1, -0.05) is 12.1 Å². The number of rotatable bonds is 4. The van der Waals surface area contributed by atoms with Crippen molar-refractivity contribution in [2.24, 2.45) is 0 Å². The number of benzene rings is 1. The van der Waals surface area contributed by atoms with E-state index in [1.165, 1.54) is 5.56 Å². The van der Waals surface area contributed by atoms with Crippen LogP contribution in [0.4, 0.5) is 0 Å². The molecule has 0 saturated heterocycles. The fraction of sp³-hybridized carbons (Fsp3) is 0.389. The Morgan fingerprint density at radius 1 is 1.17 bits per heavy atom. The van der Waals surface area contributed by atoms with Gasteiger partial charge in [0.1, 0.15) is 17.3 Å². The molecule has 0 bridgehead atoms. The van der Waals surface area contributed by atoms with Gasteiger partial charge >= 0.3 is 0 Å². The number of H-pyrrole nitrogens is 1. The van der Waals surface area contributed by atoms with Crippen molar-refractivity contribution in [3.05, 3.63) is 46.2 Å². The highest BCUT2D eigenvalue weighted by Gasteiger charge is 2.17. The number of hydrogen-bond donors (Lipinski definition) is 2. The van der Waals surface area contributed by atoms with Gasteiger partial charge in [0.2, 0.25) is 0 Å². The number of hydrogen-bond acceptors (Lipinski definition) is 3. The summed E-state index contributed by atoms with van der Waals surface area (Å²) in [5, 5.41) is 8.41. The number of carbonyl (C=O) groups is 1. The second kappa shape index (κ2) is 6.11. The third-order valence-corrected chi connectivity index (χ3v) is 4.42. The fourth-order valence-electron chi connectivity index (χ4n) is 3.16. The van der Waals surface area contributed by atoms with Gasteiger partial charge in [0.05, 0.1) is 6.54 Å². The van der Waals surface area contributed by atoms with Gasteiger partial charge in [-0.15, -0.1) is 0 Å². The Kier molecular flexibility index (Phi) is 4.13. The van der Waals surface area contributed by atoms with Crippen LogP contribution in [0.5, 0.6) is 0 Å². The fourth-order valence-corrected chi connectivity index (χ4v) is 3.16. The van der Waals surface area contributed by atoms with Crippen LogP contribution < -0.4 is 5.32 Å². The topological polar surface area (TPSA) is 75.6 Å². The predicted molar refractivity (Wildman–Crippen MR) is 94.3 cm³/mol. The molecule has 0 unspecified atom stereocenters. The first kappa shape index (κ1) is 16.2. The lowest BCUT2D eigenvalue weighted by molar-refractivity contribution is 0.0947. The SMILES string of the molecule is Cc1nc(C)n(CCNC(=O)c2[nH]c3c(C)ccc(C)c3c2C)n1. The monoisotopic (exact) mass is 325 g/mol. The molecule has 2 aromatic heterocycles. The van der Waals surface area contributed by atoms with E-state index in [0.717, 1.165) is 33.7 Å². The summed E-state index contributed by atoms with van der Waals surface area (Å²) in [7, 11) is 0.